The fraction of sp³-hybridized carbons (Fsp3) is 0.316. The van der Waals surface area contributed by atoms with Crippen molar-refractivity contribution in [3.05, 3.63) is 59.4 Å². The third-order valence-electron chi connectivity index (χ3n) is 3.56. The number of pyridine rings is 1. The van der Waals surface area contributed by atoms with Crippen LogP contribution in [0, 0.1) is 10.6 Å². The van der Waals surface area contributed by atoms with Crippen LogP contribution in [0.25, 0.3) is 0 Å². The lowest BCUT2D eigenvalue weighted by atomic mass is 9.95. The van der Waals surface area contributed by atoms with Crippen molar-refractivity contribution in [3.63, 3.8) is 0 Å². The van der Waals surface area contributed by atoms with E-state index in [9.17, 15) is 14.8 Å². The topological polar surface area (TPSA) is 73.1 Å². The molecule has 0 bridgehead atoms. The molecule has 0 aliphatic rings. The highest BCUT2D eigenvalue weighted by atomic mass is 32.2. The average molecular weight is 358 g/mol. The molecule has 0 spiro atoms. The number of amides is 1. The number of nitrogens with one attached hydrogen (secondary N) is 1. The van der Waals surface area contributed by atoms with E-state index in [1.807, 2.05) is 20.8 Å². The van der Waals surface area contributed by atoms with Gasteiger partial charge in [-0.15, -0.1) is 0 Å². The summed E-state index contributed by atoms with van der Waals surface area (Å²) in [5, 5.41) is 14.6. The monoisotopic (exact) mass is 358 g/mol. The van der Waals surface area contributed by atoms with E-state index in [1.54, 1.807) is 49.4 Å². The Labute approximate surface area is 152 Å². The molecule has 2 aromatic rings. The molecule has 0 fully saturated rings. The van der Waals surface area contributed by atoms with Gasteiger partial charge in [-0.3, -0.25) is 9.59 Å². The second-order valence-electron chi connectivity index (χ2n) is 6.77. The maximum Gasteiger partial charge on any atom is 0.252 e. The van der Waals surface area contributed by atoms with E-state index in [0.717, 1.165) is 4.73 Å². The van der Waals surface area contributed by atoms with Crippen LogP contribution in [-0.2, 0) is 4.79 Å². The molecular formula is C19H22N2O3S. The predicted octanol–water partition coefficient (Wildman–Crippen LogP) is 3.67. The van der Waals surface area contributed by atoms with Crippen LogP contribution in [0.15, 0.2) is 53.7 Å². The summed E-state index contributed by atoms with van der Waals surface area (Å²) in [4.78, 5) is 24.5. The Hall–Kier alpha value is -2.34. The quantitative estimate of drug-likeness (QED) is 0.383. The lowest BCUT2D eigenvalue weighted by molar-refractivity contribution is -0.645. The van der Waals surface area contributed by atoms with Gasteiger partial charge in [0.05, 0.1) is 5.25 Å². The van der Waals surface area contributed by atoms with Gasteiger partial charge in [0, 0.05) is 28.8 Å². The molecule has 0 saturated heterocycles. The number of carbonyl (C=O) groups is 2. The van der Waals surface area contributed by atoms with Crippen LogP contribution in [0.2, 0.25) is 0 Å². The summed E-state index contributed by atoms with van der Waals surface area (Å²) in [6.07, 6.45) is 1.41. The minimum Gasteiger partial charge on any atom is -0.618 e. The third kappa shape index (κ3) is 5.06. The largest absolute Gasteiger partial charge is 0.618 e. The first-order valence-corrected chi connectivity index (χ1v) is 8.87. The fourth-order valence-corrected chi connectivity index (χ4v) is 2.94. The molecule has 0 radical (unpaired) electrons. The van der Waals surface area contributed by atoms with Gasteiger partial charge in [-0.2, -0.15) is 4.73 Å². The molecule has 6 heteroatoms. The van der Waals surface area contributed by atoms with Gasteiger partial charge in [-0.1, -0.05) is 20.8 Å². The van der Waals surface area contributed by atoms with Gasteiger partial charge in [0.2, 0.25) is 5.91 Å². The van der Waals surface area contributed by atoms with Gasteiger partial charge in [-0.05, 0) is 49.0 Å². The SMILES string of the molecule is C[C@H](Sc1cccc[n+]1[O-])C(=O)c1ccc(NC(=O)C(C)(C)C)cc1. The van der Waals surface area contributed by atoms with Gasteiger partial charge in [0.25, 0.3) is 5.03 Å². The van der Waals surface area contributed by atoms with Crippen LogP contribution in [0.5, 0.6) is 0 Å². The average Bonchev–Trinajstić information content (AvgIpc) is 2.56. The number of anilines is 1. The highest BCUT2D eigenvalue weighted by molar-refractivity contribution is 8.00. The molecule has 0 aliphatic heterocycles. The maximum atomic E-state index is 12.5. The number of aromatic nitrogens is 1. The summed E-state index contributed by atoms with van der Waals surface area (Å²) in [6, 6.07) is 11.9. The number of benzene rings is 1. The maximum absolute atomic E-state index is 12.5. The van der Waals surface area contributed by atoms with E-state index in [-0.39, 0.29) is 11.7 Å². The van der Waals surface area contributed by atoms with E-state index in [1.165, 1.54) is 18.0 Å². The van der Waals surface area contributed by atoms with Crippen LogP contribution in [-0.4, -0.2) is 16.9 Å². The lowest BCUT2D eigenvalue weighted by Crippen LogP contribution is -2.29. The number of nitrogens with zero attached hydrogens (tertiary/aromatic N) is 1. The summed E-state index contributed by atoms with van der Waals surface area (Å²) < 4.78 is 0.750. The van der Waals surface area contributed by atoms with E-state index < -0.39 is 10.7 Å². The zero-order chi connectivity index (χ0) is 18.6. The van der Waals surface area contributed by atoms with Gasteiger partial charge < -0.3 is 10.5 Å². The molecule has 132 valence electrons. The number of thioether (sulfide) groups is 1. The minimum absolute atomic E-state index is 0.0671. The Kier molecular flexibility index (Phi) is 5.85. The number of ketones is 1. The Bertz CT molecular complexity index is 767. The van der Waals surface area contributed by atoms with E-state index in [0.29, 0.717) is 16.3 Å². The Morgan fingerprint density at radius 2 is 1.76 bits per heavy atom. The first-order valence-electron chi connectivity index (χ1n) is 7.99. The Balaban J connectivity index is 2.05. The summed E-state index contributed by atoms with van der Waals surface area (Å²) in [5.41, 5.74) is 0.711. The molecule has 1 aromatic heterocycles. The van der Waals surface area contributed by atoms with Crippen molar-refractivity contribution < 1.29 is 14.3 Å². The second-order valence-corrected chi connectivity index (χ2v) is 8.13. The van der Waals surface area contributed by atoms with Crippen LogP contribution in [0.3, 0.4) is 0 Å². The molecule has 1 heterocycles. The molecule has 1 atom stereocenters. The minimum atomic E-state index is -0.483. The molecule has 0 unspecified atom stereocenters. The number of Topliss-reactive ketones (excluding diaryl/α,β-unsaturated/α-hetero) is 1. The predicted molar refractivity (Wildman–Crippen MR) is 99.6 cm³/mol. The molecule has 2 rings (SSSR count). The van der Waals surface area contributed by atoms with Crippen molar-refractivity contribution in [1.29, 1.82) is 0 Å². The summed E-state index contributed by atoms with van der Waals surface area (Å²) in [7, 11) is 0. The van der Waals surface area contributed by atoms with Crippen LogP contribution in [0.1, 0.15) is 38.1 Å². The number of rotatable bonds is 5. The van der Waals surface area contributed by atoms with Gasteiger partial charge in [0.1, 0.15) is 0 Å². The normalized spacial score (nSPS) is 12.5. The van der Waals surface area contributed by atoms with Crippen molar-refractivity contribution in [2.45, 2.75) is 38.0 Å². The summed E-state index contributed by atoms with van der Waals surface area (Å²) in [5.74, 6) is -0.151. The zero-order valence-corrected chi connectivity index (χ0v) is 15.6. The van der Waals surface area contributed by atoms with Crippen molar-refractivity contribution in [3.8, 4) is 0 Å². The first-order chi connectivity index (χ1) is 11.7. The van der Waals surface area contributed by atoms with Gasteiger partial charge >= 0.3 is 0 Å². The van der Waals surface area contributed by atoms with Crippen LogP contribution in [0.4, 0.5) is 5.69 Å². The number of carbonyl (C=O) groups excluding carboxylic acids is 2. The highest BCUT2D eigenvalue weighted by Gasteiger charge is 2.22. The first kappa shape index (κ1) is 19.0. The molecule has 0 aliphatic carbocycles. The second kappa shape index (κ2) is 7.70. The summed E-state index contributed by atoms with van der Waals surface area (Å²) in [6.45, 7) is 7.29. The van der Waals surface area contributed by atoms with Crippen molar-refractivity contribution in [2.24, 2.45) is 5.41 Å². The third-order valence-corrected chi connectivity index (χ3v) is 4.69. The van der Waals surface area contributed by atoms with Crippen molar-refractivity contribution >= 4 is 29.1 Å². The number of hydrogen-bond acceptors (Lipinski definition) is 4. The molecule has 5 nitrogen and oxygen atoms in total. The Morgan fingerprint density at radius 3 is 2.32 bits per heavy atom. The van der Waals surface area contributed by atoms with Crippen LogP contribution >= 0.6 is 11.8 Å². The molecule has 25 heavy (non-hydrogen) atoms. The van der Waals surface area contributed by atoms with Gasteiger partial charge in [0.15, 0.2) is 12.0 Å². The fourth-order valence-electron chi connectivity index (χ4n) is 2.01. The molecular weight excluding hydrogens is 336 g/mol. The summed E-state index contributed by atoms with van der Waals surface area (Å²) >= 11 is 1.22. The molecule has 1 amide bonds. The molecule has 1 N–H and O–H groups in total. The van der Waals surface area contributed by atoms with E-state index >= 15 is 0 Å². The van der Waals surface area contributed by atoms with E-state index in [4.69, 9.17) is 0 Å². The highest BCUT2D eigenvalue weighted by Crippen LogP contribution is 2.24. The standard InChI is InChI=1S/C19H22N2O3S/c1-13(25-16-7-5-6-12-21(16)24)17(22)14-8-10-15(11-9-14)20-18(23)19(2,3)4/h5-13H,1-4H3,(H,20,23)/t13-/m0/s1. The molecule has 0 saturated carbocycles. The smallest absolute Gasteiger partial charge is 0.252 e. The van der Waals surface area contributed by atoms with Crippen molar-refractivity contribution in [2.75, 3.05) is 5.32 Å². The van der Waals surface area contributed by atoms with E-state index in [2.05, 4.69) is 5.32 Å². The van der Waals surface area contributed by atoms with Crippen molar-refractivity contribution in [1.82, 2.24) is 0 Å². The van der Waals surface area contributed by atoms with Crippen LogP contribution < -0.4 is 10.0 Å². The Morgan fingerprint density at radius 1 is 1.12 bits per heavy atom. The zero-order valence-electron chi connectivity index (χ0n) is 14.8. The van der Waals surface area contributed by atoms with Gasteiger partial charge in [-0.25, -0.2) is 0 Å². The number of hydrogen-bond donors (Lipinski definition) is 1. The lowest BCUT2D eigenvalue weighted by Gasteiger charge is -2.17. The molecule has 1 aromatic carbocycles.